The molecule has 0 aliphatic rings. The number of rotatable bonds is 6. The minimum Gasteiger partial charge on any atom is -0.294 e. The fourth-order valence-corrected chi connectivity index (χ4v) is 2.43. The quantitative estimate of drug-likeness (QED) is 0.555. The van der Waals surface area contributed by atoms with Crippen LogP contribution in [0.5, 0.6) is 0 Å². The summed E-state index contributed by atoms with van der Waals surface area (Å²) in [6.07, 6.45) is 10.9. The Morgan fingerprint density at radius 2 is 1.91 bits per heavy atom. The van der Waals surface area contributed by atoms with E-state index >= 15 is 0 Å². The molecule has 2 rings (SSSR count). The zero-order valence-corrected chi connectivity index (χ0v) is 13.7. The first-order valence-corrected chi connectivity index (χ1v) is 7.36. The number of aryl methyl sites for hydroxylation is 1. The summed E-state index contributed by atoms with van der Waals surface area (Å²) in [7, 11) is 1.75. The maximum absolute atomic E-state index is 4.77. The SMILES string of the molecule is C=C/C=C(\C=C)c1nc2ccc(C)cc2n1/C(C=NC)=C/C=C. The fraction of sp³-hybridized carbons (Fsp3) is 0.100. The maximum atomic E-state index is 4.77. The predicted octanol–water partition coefficient (Wildman–Crippen LogP) is 4.83. The maximum Gasteiger partial charge on any atom is 0.145 e. The number of imidazole rings is 1. The Balaban J connectivity index is 2.91. The van der Waals surface area contributed by atoms with E-state index in [1.807, 2.05) is 18.2 Å². The van der Waals surface area contributed by atoms with Gasteiger partial charge in [0.15, 0.2) is 0 Å². The van der Waals surface area contributed by atoms with Crippen molar-refractivity contribution >= 4 is 28.5 Å². The van der Waals surface area contributed by atoms with Crippen LogP contribution in [0.4, 0.5) is 0 Å². The fourth-order valence-electron chi connectivity index (χ4n) is 2.43. The molecule has 0 saturated carbocycles. The van der Waals surface area contributed by atoms with Gasteiger partial charge in [0.05, 0.1) is 16.7 Å². The summed E-state index contributed by atoms with van der Waals surface area (Å²) >= 11 is 0. The van der Waals surface area contributed by atoms with Crippen molar-refractivity contribution in [2.45, 2.75) is 6.92 Å². The number of allylic oxidation sites excluding steroid dienone is 7. The third kappa shape index (κ3) is 3.29. The molecule has 0 fully saturated rings. The number of fused-ring (bicyclic) bond motifs is 1. The molecule has 1 heterocycles. The lowest BCUT2D eigenvalue weighted by molar-refractivity contribution is 1.11. The molecule has 0 radical (unpaired) electrons. The summed E-state index contributed by atoms with van der Waals surface area (Å²) in [6.45, 7) is 13.5. The van der Waals surface area contributed by atoms with Crippen LogP contribution in [0.2, 0.25) is 0 Å². The highest BCUT2D eigenvalue weighted by Crippen LogP contribution is 2.26. The van der Waals surface area contributed by atoms with Crippen molar-refractivity contribution in [3.63, 3.8) is 0 Å². The first-order valence-electron chi connectivity index (χ1n) is 7.36. The van der Waals surface area contributed by atoms with Gasteiger partial charge in [-0.05, 0) is 30.7 Å². The number of aromatic nitrogens is 2. The van der Waals surface area contributed by atoms with E-state index in [0.717, 1.165) is 28.1 Å². The molecule has 0 amide bonds. The lowest BCUT2D eigenvalue weighted by Gasteiger charge is -2.10. The molecule has 0 spiro atoms. The van der Waals surface area contributed by atoms with Crippen molar-refractivity contribution in [1.82, 2.24) is 9.55 Å². The second kappa shape index (κ2) is 7.36. The van der Waals surface area contributed by atoms with Gasteiger partial charge in [0.25, 0.3) is 0 Å². The molecule has 3 heteroatoms. The van der Waals surface area contributed by atoms with Gasteiger partial charge >= 0.3 is 0 Å². The third-order valence-electron chi connectivity index (χ3n) is 3.39. The average Bonchev–Trinajstić information content (AvgIpc) is 2.90. The predicted molar refractivity (Wildman–Crippen MR) is 102 cm³/mol. The molecular weight excluding hydrogens is 282 g/mol. The minimum absolute atomic E-state index is 0.800. The Labute approximate surface area is 137 Å². The number of hydrogen-bond acceptors (Lipinski definition) is 2. The van der Waals surface area contributed by atoms with Gasteiger partial charge in [-0.2, -0.15) is 0 Å². The number of aliphatic imine (C=N–C) groups is 1. The molecule has 1 aromatic carbocycles. The molecule has 0 N–H and O–H groups in total. The molecule has 0 bridgehead atoms. The standard InChI is InChI=1S/C20H21N3/c1-6-9-16(8-3)20-22-18-12-11-15(4)13-19(18)23(20)17(10-7-2)14-21-5/h6-14H,1-3H2,4-5H3/b16-9+,17-10+,21-14?. The Kier molecular flexibility index (Phi) is 5.26. The van der Waals surface area contributed by atoms with Crippen LogP contribution in [0.1, 0.15) is 11.4 Å². The number of nitrogens with zero attached hydrogens (tertiary/aromatic N) is 3. The highest BCUT2D eigenvalue weighted by Gasteiger charge is 2.15. The van der Waals surface area contributed by atoms with E-state index in [4.69, 9.17) is 4.98 Å². The molecule has 0 unspecified atom stereocenters. The largest absolute Gasteiger partial charge is 0.294 e. The van der Waals surface area contributed by atoms with E-state index in [2.05, 4.69) is 48.4 Å². The van der Waals surface area contributed by atoms with Crippen LogP contribution in [0, 0.1) is 6.92 Å². The first-order chi connectivity index (χ1) is 11.2. The van der Waals surface area contributed by atoms with Crippen molar-refractivity contribution < 1.29 is 0 Å². The van der Waals surface area contributed by atoms with Gasteiger partial charge in [0.2, 0.25) is 0 Å². The summed E-state index contributed by atoms with van der Waals surface area (Å²) in [4.78, 5) is 8.92. The Bertz CT molecular complexity index is 845. The van der Waals surface area contributed by atoms with Crippen molar-refractivity contribution in [2.75, 3.05) is 7.05 Å². The van der Waals surface area contributed by atoms with Gasteiger partial charge in [-0.3, -0.25) is 9.56 Å². The Morgan fingerprint density at radius 1 is 1.17 bits per heavy atom. The molecule has 116 valence electrons. The van der Waals surface area contributed by atoms with Gasteiger partial charge in [-0.1, -0.05) is 50.1 Å². The smallest absolute Gasteiger partial charge is 0.145 e. The van der Waals surface area contributed by atoms with Crippen LogP contribution in [-0.4, -0.2) is 22.8 Å². The molecule has 23 heavy (non-hydrogen) atoms. The summed E-state index contributed by atoms with van der Waals surface area (Å²) in [5.74, 6) is 0.800. The highest BCUT2D eigenvalue weighted by atomic mass is 15.1. The summed E-state index contributed by atoms with van der Waals surface area (Å²) in [6, 6.07) is 6.19. The lowest BCUT2D eigenvalue weighted by atomic mass is 10.2. The minimum atomic E-state index is 0.800. The van der Waals surface area contributed by atoms with Crippen molar-refractivity contribution in [1.29, 1.82) is 0 Å². The molecule has 3 nitrogen and oxygen atoms in total. The van der Waals surface area contributed by atoms with Gasteiger partial charge in [-0.25, -0.2) is 4.98 Å². The van der Waals surface area contributed by atoms with Gasteiger partial charge in [0.1, 0.15) is 5.82 Å². The Hall–Kier alpha value is -2.94. The molecule has 0 atom stereocenters. The van der Waals surface area contributed by atoms with Crippen LogP contribution in [-0.2, 0) is 0 Å². The number of benzene rings is 1. The van der Waals surface area contributed by atoms with E-state index < -0.39 is 0 Å². The Morgan fingerprint density at radius 3 is 2.52 bits per heavy atom. The molecule has 0 aliphatic carbocycles. The van der Waals surface area contributed by atoms with Crippen LogP contribution < -0.4 is 0 Å². The van der Waals surface area contributed by atoms with E-state index in [1.54, 1.807) is 31.5 Å². The second-order valence-electron chi connectivity index (χ2n) is 5.04. The van der Waals surface area contributed by atoms with Gasteiger partial charge in [-0.15, -0.1) is 0 Å². The topological polar surface area (TPSA) is 30.2 Å². The molecule has 1 aromatic heterocycles. The monoisotopic (exact) mass is 303 g/mol. The van der Waals surface area contributed by atoms with E-state index in [0.29, 0.717) is 0 Å². The normalized spacial score (nSPS) is 12.8. The van der Waals surface area contributed by atoms with Gasteiger partial charge in [0, 0.05) is 18.8 Å². The molecule has 0 saturated heterocycles. The molecule has 0 aliphatic heterocycles. The van der Waals surface area contributed by atoms with Crippen molar-refractivity contribution in [3.8, 4) is 0 Å². The third-order valence-corrected chi connectivity index (χ3v) is 3.39. The highest BCUT2D eigenvalue weighted by molar-refractivity contribution is 6.06. The second-order valence-corrected chi connectivity index (χ2v) is 5.04. The first kappa shape index (κ1) is 16.4. The van der Waals surface area contributed by atoms with Gasteiger partial charge < -0.3 is 0 Å². The van der Waals surface area contributed by atoms with Crippen molar-refractivity contribution in [2.24, 2.45) is 4.99 Å². The summed E-state index contributed by atoms with van der Waals surface area (Å²) in [5.41, 5.74) is 4.90. The summed E-state index contributed by atoms with van der Waals surface area (Å²) in [5, 5.41) is 0. The zero-order chi connectivity index (χ0) is 16.8. The zero-order valence-electron chi connectivity index (χ0n) is 13.7. The van der Waals surface area contributed by atoms with E-state index in [9.17, 15) is 0 Å². The van der Waals surface area contributed by atoms with Crippen LogP contribution in [0.3, 0.4) is 0 Å². The average molecular weight is 303 g/mol. The van der Waals surface area contributed by atoms with Crippen LogP contribution >= 0.6 is 0 Å². The summed E-state index contributed by atoms with van der Waals surface area (Å²) < 4.78 is 2.06. The number of hydrogen-bond donors (Lipinski definition) is 0. The van der Waals surface area contributed by atoms with E-state index in [-0.39, 0.29) is 0 Å². The molecular formula is C20H21N3. The van der Waals surface area contributed by atoms with Crippen LogP contribution in [0.25, 0.3) is 22.3 Å². The van der Waals surface area contributed by atoms with E-state index in [1.165, 1.54) is 5.56 Å². The van der Waals surface area contributed by atoms with Crippen LogP contribution in [0.15, 0.2) is 73.3 Å². The molecule has 2 aromatic rings. The lowest BCUT2D eigenvalue weighted by Crippen LogP contribution is -2.03. The van der Waals surface area contributed by atoms with Crippen molar-refractivity contribution in [3.05, 3.63) is 79.7 Å².